The van der Waals surface area contributed by atoms with Gasteiger partial charge in [-0.2, -0.15) is 0 Å². The van der Waals surface area contributed by atoms with Gasteiger partial charge in [0.2, 0.25) is 15.9 Å². The van der Waals surface area contributed by atoms with Crippen molar-refractivity contribution in [3.8, 4) is 0 Å². The van der Waals surface area contributed by atoms with Gasteiger partial charge in [-0.1, -0.05) is 37.1 Å². The average molecular weight is 438 g/mol. The summed E-state index contributed by atoms with van der Waals surface area (Å²) in [6.07, 6.45) is 5.92. The van der Waals surface area contributed by atoms with Crippen LogP contribution in [0.4, 0.5) is 5.69 Å². The van der Waals surface area contributed by atoms with E-state index in [-0.39, 0.29) is 16.6 Å². The smallest absolute Gasteiger partial charge is 0.242 e. The molecule has 1 aliphatic rings. The van der Waals surface area contributed by atoms with Crippen LogP contribution in [0.5, 0.6) is 0 Å². The average Bonchev–Trinajstić information content (AvgIpc) is 3.07. The quantitative estimate of drug-likeness (QED) is 0.669. The Morgan fingerprint density at radius 2 is 1.97 bits per heavy atom. The molecule has 1 N–H and O–H groups in total. The van der Waals surface area contributed by atoms with Crippen LogP contribution in [0.2, 0.25) is 0 Å². The van der Waals surface area contributed by atoms with Crippen molar-refractivity contribution in [1.82, 2.24) is 19.1 Å². The van der Waals surface area contributed by atoms with Crippen LogP contribution in [0.1, 0.15) is 44.0 Å². The molecule has 3 rings (SSSR count). The molecular weight excluding hydrogens is 410 g/mol. The predicted molar refractivity (Wildman–Crippen MR) is 114 cm³/mol. The Hall–Kier alpha value is -1.91. The normalized spacial score (nSPS) is 15.6. The molecule has 0 radical (unpaired) electrons. The van der Waals surface area contributed by atoms with Gasteiger partial charge < -0.3 is 9.88 Å². The maximum atomic E-state index is 12.4. The number of carbonyl (C=O) groups excluding carboxylic acids is 1. The lowest BCUT2D eigenvalue weighted by atomic mass is 9.95. The summed E-state index contributed by atoms with van der Waals surface area (Å²) in [5.74, 6) is 0.835. The van der Waals surface area contributed by atoms with E-state index in [1.54, 1.807) is 12.1 Å². The fraction of sp³-hybridized carbons (Fsp3) is 0.526. The van der Waals surface area contributed by atoms with E-state index < -0.39 is 10.0 Å². The van der Waals surface area contributed by atoms with Gasteiger partial charge in [0.15, 0.2) is 5.16 Å². The maximum Gasteiger partial charge on any atom is 0.242 e. The van der Waals surface area contributed by atoms with Gasteiger partial charge in [-0.05, 0) is 38.0 Å². The number of anilines is 1. The molecule has 2 aromatic rings. The van der Waals surface area contributed by atoms with Gasteiger partial charge in [0.1, 0.15) is 5.82 Å². The van der Waals surface area contributed by atoms with Crippen molar-refractivity contribution in [2.24, 2.45) is 0 Å². The molecular formula is C19H27N5O3S2. The second-order valence-corrected chi connectivity index (χ2v) is 10.4. The van der Waals surface area contributed by atoms with Gasteiger partial charge in [0, 0.05) is 25.8 Å². The van der Waals surface area contributed by atoms with E-state index in [0.717, 1.165) is 28.1 Å². The molecule has 8 nitrogen and oxygen atoms in total. The number of benzene rings is 1. The van der Waals surface area contributed by atoms with E-state index in [1.165, 1.54) is 57.3 Å². The molecule has 0 aliphatic heterocycles. The Kier molecular flexibility index (Phi) is 6.97. The number of carbonyl (C=O) groups is 1. The Labute approximate surface area is 176 Å². The molecule has 1 aromatic carbocycles. The molecule has 158 valence electrons. The van der Waals surface area contributed by atoms with Crippen LogP contribution < -0.4 is 5.32 Å². The highest BCUT2D eigenvalue weighted by atomic mass is 32.2. The van der Waals surface area contributed by atoms with Gasteiger partial charge >= 0.3 is 0 Å². The Balaban J connectivity index is 1.64. The van der Waals surface area contributed by atoms with Crippen molar-refractivity contribution in [2.45, 2.75) is 55.1 Å². The number of aryl methyl sites for hydroxylation is 1. The summed E-state index contributed by atoms with van der Waals surface area (Å²) in [5.41, 5.74) is 0.448. The zero-order chi connectivity index (χ0) is 21.0. The van der Waals surface area contributed by atoms with Crippen molar-refractivity contribution < 1.29 is 13.2 Å². The first-order chi connectivity index (χ1) is 13.8. The number of nitrogens with zero attached hydrogens (tertiary/aromatic N) is 4. The lowest BCUT2D eigenvalue weighted by Crippen LogP contribution is -2.22. The topological polar surface area (TPSA) is 97.2 Å². The summed E-state index contributed by atoms with van der Waals surface area (Å²) in [4.78, 5) is 12.6. The zero-order valence-corrected chi connectivity index (χ0v) is 18.6. The number of amides is 1. The van der Waals surface area contributed by atoms with Crippen LogP contribution >= 0.6 is 11.8 Å². The largest absolute Gasteiger partial charge is 0.325 e. The summed E-state index contributed by atoms with van der Waals surface area (Å²) in [6, 6.07) is 6.66. The number of aromatic nitrogens is 3. The molecule has 1 fully saturated rings. The second kappa shape index (κ2) is 9.27. The van der Waals surface area contributed by atoms with Crippen LogP contribution in [0.3, 0.4) is 0 Å². The Morgan fingerprint density at radius 1 is 1.24 bits per heavy atom. The second-order valence-electron chi connectivity index (χ2n) is 7.34. The minimum atomic E-state index is -3.55. The minimum absolute atomic E-state index is 0.139. The Bertz CT molecular complexity index is 966. The van der Waals surface area contributed by atoms with Crippen LogP contribution in [0, 0.1) is 6.92 Å². The van der Waals surface area contributed by atoms with Crippen LogP contribution in [-0.4, -0.2) is 53.2 Å². The molecule has 0 unspecified atom stereocenters. The standard InChI is InChI=1S/C19H27N5O3S2/c1-14-21-22-19(24(14)16-9-5-4-6-10-16)28-13-18(25)20-15-8-7-11-17(12-15)29(26,27)23(2)3/h7-8,11-12,16H,4-6,9-10,13H2,1-3H3,(H,20,25). The molecule has 0 saturated heterocycles. The van der Waals surface area contributed by atoms with Gasteiger partial charge in [-0.15, -0.1) is 10.2 Å². The van der Waals surface area contributed by atoms with Crippen molar-refractivity contribution in [2.75, 3.05) is 25.2 Å². The van der Waals surface area contributed by atoms with Gasteiger partial charge in [-0.25, -0.2) is 12.7 Å². The summed E-state index contributed by atoms with van der Waals surface area (Å²) in [5, 5.41) is 12.0. The molecule has 10 heteroatoms. The molecule has 0 atom stereocenters. The van der Waals surface area contributed by atoms with Crippen molar-refractivity contribution in [3.05, 3.63) is 30.1 Å². The maximum absolute atomic E-state index is 12.4. The van der Waals surface area contributed by atoms with E-state index in [1.807, 2.05) is 6.92 Å². The number of hydrogen-bond acceptors (Lipinski definition) is 6. The molecule has 29 heavy (non-hydrogen) atoms. The Morgan fingerprint density at radius 3 is 2.66 bits per heavy atom. The highest BCUT2D eigenvalue weighted by molar-refractivity contribution is 7.99. The van der Waals surface area contributed by atoms with E-state index in [0.29, 0.717) is 11.7 Å². The van der Waals surface area contributed by atoms with Crippen molar-refractivity contribution in [3.63, 3.8) is 0 Å². The van der Waals surface area contributed by atoms with Gasteiger partial charge in [-0.3, -0.25) is 4.79 Å². The minimum Gasteiger partial charge on any atom is -0.325 e. The first kappa shape index (κ1) is 21.8. The van der Waals surface area contributed by atoms with E-state index >= 15 is 0 Å². The van der Waals surface area contributed by atoms with E-state index in [9.17, 15) is 13.2 Å². The van der Waals surface area contributed by atoms with Crippen LogP contribution in [-0.2, 0) is 14.8 Å². The van der Waals surface area contributed by atoms with Crippen molar-refractivity contribution in [1.29, 1.82) is 0 Å². The van der Waals surface area contributed by atoms with Crippen LogP contribution in [0.25, 0.3) is 0 Å². The third-order valence-corrected chi connectivity index (χ3v) is 7.76. The zero-order valence-electron chi connectivity index (χ0n) is 17.0. The molecule has 0 spiro atoms. The van der Waals surface area contributed by atoms with Crippen molar-refractivity contribution >= 4 is 33.4 Å². The number of thioether (sulfide) groups is 1. The lowest BCUT2D eigenvalue weighted by molar-refractivity contribution is -0.113. The summed E-state index contributed by atoms with van der Waals surface area (Å²) >= 11 is 1.35. The highest BCUT2D eigenvalue weighted by Crippen LogP contribution is 2.32. The van der Waals surface area contributed by atoms with Gasteiger partial charge in [0.05, 0.1) is 10.6 Å². The monoisotopic (exact) mass is 437 g/mol. The SMILES string of the molecule is Cc1nnc(SCC(=O)Nc2cccc(S(=O)(=O)N(C)C)c2)n1C1CCCCC1. The number of nitrogens with one attached hydrogen (secondary N) is 1. The summed E-state index contributed by atoms with van der Waals surface area (Å²) in [7, 11) is -0.603. The highest BCUT2D eigenvalue weighted by Gasteiger charge is 2.22. The number of sulfonamides is 1. The number of hydrogen-bond donors (Lipinski definition) is 1. The third kappa shape index (κ3) is 5.18. The van der Waals surface area contributed by atoms with E-state index in [4.69, 9.17) is 0 Å². The summed E-state index contributed by atoms with van der Waals surface area (Å²) < 4.78 is 27.8. The molecule has 1 aromatic heterocycles. The lowest BCUT2D eigenvalue weighted by Gasteiger charge is -2.24. The first-order valence-electron chi connectivity index (χ1n) is 9.66. The number of rotatable bonds is 7. The molecule has 1 amide bonds. The predicted octanol–water partition coefficient (Wildman–Crippen LogP) is 3.07. The van der Waals surface area contributed by atoms with E-state index in [2.05, 4.69) is 20.1 Å². The third-order valence-electron chi connectivity index (χ3n) is 5.00. The fourth-order valence-electron chi connectivity index (χ4n) is 3.48. The molecule has 0 bridgehead atoms. The van der Waals surface area contributed by atoms with Crippen LogP contribution in [0.15, 0.2) is 34.3 Å². The molecule has 1 aliphatic carbocycles. The first-order valence-corrected chi connectivity index (χ1v) is 12.1. The molecule has 1 saturated carbocycles. The molecule has 1 heterocycles. The van der Waals surface area contributed by atoms with Gasteiger partial charge in [0.25, 0.3) is 0 Å². The fourth-order valence-corrected chi connectivity index (χ4v) is 5.28. The summed E-state index contributed by atoms with van der Waals surface area (Å²) in [6.45, 7) is 1.95.